The third kappa shape index (κ3) is 2.49. The van der Waals surface area contributed by atoms with Gasteiger partial charge in [0.15, 0.2) is 0 Å². The van der Waals surface area contributed by atoms with Crippen molar-refractivity contribution in [1.82, 2.24) is 0 Å². The zero-order valence-corrected chi connectivity index (χ0v) is 9.30. The molecule has 0 saturated carbocycles. The van der Waals surface area contributed by atoms with Gasteiger partial charge in [0.2, 0.25) is 0 Å². The summed E-state index contributed by atoms with van der Waals surface area (Å²) in [6.45, 7) is 2.04. The molecule has 3 heteroatoms. The lowest BCUT2D eigenvalue weighted by Crippen LogP contribution is -1.95. The molecule has 0 saturated heterocycles. The molecule has 2 nitrogen and oxygen atoms in total. The van der Waals surface area contributed by atoms with Gasteiger partial charge < -0.3 is 0 Å². The highest BCUT2D eigenvalue weighted by Gasteiger charge is 2.10. The highest BCUT2D eigenvalue weighted by atomic mass is 35.5. The van der Waals surface area contributed by atoms with Gasteiger partial charge in [0.05, 0.1) is 24.1 Å². The minimum Gasteiger partial charge on any atom is -0.198 e. The van der Waals surface area contributed by atoms with Crippen LogP contribution in [-0.2, 0) is 12.8 Å². The molecule has 0 radical (unpaired) electrons. The second-order valence-electron chi connectivity index (χ2n) is 3.26. The van der Waals surface area contributed by atoms with Crippen molar-refractivity contribution < 1.29 is 0 Å². The van der Waals surface area contributed by atoms with E-state index < -0.39 is 0 Å². The largest absolute Gasteiger partial charge is 0.198 e. The monoisotopic (exact) mass is 218 g/mol. The fraction of sp³-hybridized carbons (Fsp3) is 0.333. The van der Waals surface area contributed by atoms with Crippen molar-refractivity contribution in [2.24, 2.45) is 0 Å². The van der Waals surface area contributed by atoms with E-state index in [1.165, 1.54) is 0 Å². The smallest absolute Gasteiger partial charge is 0.0995 e. The topological polar surface area (TPSA) is 47.6 Å². The van der Waals surface area contributed by atoms with Crippen LogP contribution in [0.2, 0.25) is 5.02 Å². The highest BCUT2D eigenvalue weighted by molar-refractivity contribution is 6.32. The second kappa shape index (κ2) is 5.39. The Balaban J connectivity index is 3.25. The van der Waals surface area contributed by atoms with Crippen LogP contribution in [0.1, 0.15) is 30.0 Å². The summed E-state index contributed by atoms with van der Waals surface area (Å²) in [4.78, 5) is 0. The molecule has 0 fully saturated rings. The van der Waals surface area contributed by atoms with Crippen molar-refractivity contribution in [3.05, 3.63) is 33.8 Å². The average molecular weight is 219 g/mol. The van der Waals surface area contributed by atoms with E-state index in [9.17, 15) is 0 Å². The first kappa shape index (κ1) is 11.6. The zero-order chi connectivity index (χ0) is 11.3. The summed E-state index contributed by atoms with van der Waals surface area (Å²) < 4.78 is 0. The predicted molar refractivity (Wildman–Crippen MR) is 59.5 cm³/mol. The Morgan fingerprint density at radius 1 is 1.33 bits per heavy atom. The maximum atomic E-state index is 8.92. The van der Waals surface area contributed by atoms with Crippen molar-refractivity contribution in [2.75, 3.05) is 0 Å². The lowest BCUT2D eigenvalue weighted by molar-refractivity contribution is 0.915. The summed E-state index contributed by atoms with van der Waals surface area (Å²) in [5.41, 5.74) is 2.29. The Hall–Kier alpha value is -1.51. The minimum atomic E-state index is 0.293. The van der Waals surface area contributed by atoms with Gasteiger partial charge in [-0.05, 0) is 23.6 Å². The summed E-state index contributed by atoms with van der Waals surface area (Å²) in [6, 6.07) is 7.68. The number of nitriles is 2. The van der Waals surface area contributed by atoms with Gasteiger partial charge >= 0.3 is 0 Å². The van der Waals surface area contributed by atoms with E-state index in [4.69, 9.17) is 22.1 Å². The Labute approximate surface area is 94.7 Å². The van der Waals surface area contributed by atoms with E-state index in [0.717, 1.165) is 24.0 Å². The van der Waals surface area contributed by atoms with Crippen LogP contribution in [0.4, 0.5) is 0 Å². The van der Waals surface area contributed by atoms with E-state index in [1.807, 2.05) is 6.92 Å². The molecule has 0 spiro atoms. The molecule has 1 aromatic rings. The molecular weight excluding hydrogens is 208 g/mol. The van der Waals surface area contributed by atoms with Gasteiger partial charge in [-0.1, -0.05) is 31.0 Å². The Bertz CT molecular complexity index is 438. The van der Waals surface area contributed by atoms with Crippen molar-refractivity contribution in [1.29, 1.82) is 10.5 Å². The number of benzene rings is 1. The number of rotatable bonds is 3. The molecule has 76 valence electrons. The number of nitrogens with zero attached hydrogens (tertiary/aromatic N) is 2. The van der Waals surface area contributed by atoms with Crippen LogP contribution in [0.3, 0.4) is 0 Å². The standard InChI is InChI=1S/C12H11ClN2/c1-2-3-11-10(8-15)5-4-9(6-7-14)12(11)13/h4-5H,2-3,6H2,1H3. The lowest BCUT2D eigenvalue weighted by Gasteiger charge is -2.08. The van der Waals surface area contributed by atoms with Gasteiger partial charge in [0.1, 0.15) is 0 Å². The van der Waals surface area contributed by atoms with Crippen LogP contribution in [-0.4, -0.2) is 0 Å². The van der Waals surface area contributed by atoms with Crippen LogP contribution in [0.15, 0.2) is 12.1 Å². The van der Waals surface area contributed by atoms with E-state index in [-0.39, 0.29) is 0 Å². The number of hydrogen-bond donors (Lipinski definition) is 0. The third-order valence-electron chi connectivity index (χ3n) is 2.21. The summed E-state index contributed by atoms with van der Waals surface area (Å²) in [5, 5.41) is 18.1. The number of halogens is 1. The SMILES string of the molecule is CCCc1c(C#N)ccc(CC#N)c1Cl. The molecule has 0 aliphatic rings. The molecule has 1 rings (SSSR count). The van der Waals surface area contributed by atoms with Gasteiger partial charge in [-0.15, -0.1) is 0 Å². The fourth-order valence-corrected chi connectivity index (χ4v) is 1.82. The summed E-state index contributed by atoms with van der Waals surface area (Å²) in [6.07, 6.45) is 2.01. The maximum Gasteiger partial charge on any atom is 0.0995 e. The molecule has 0 N–H and O–H groups in total. The highest BCUT2D eigenvalue weighted by Crippen LogP contribution is 2.26. The van der Waals surface area contributed by atoms with Crippen molar-refractivity contribution in [3.8, 4) is 12.1 Å². The predicted octanol–water partition coefficient (Wildman–Crippen LogP) is 3.23. The van der Waals surface area contributed by atoms with Crippen LogP contribution >= 0.6 is 11.6 Å². The molecule has 15 heavy (non-hydrogen) atoms. The maximum absolute atomic E-state index is 8.92. The Morgan fingerprint density at radius 3 is 2.60 bits per heavy atom. The quantitative estimate of drug-likeness (QED) is 0.782. The molecule has 0 unspecified atom stereocenters. The van der Waals surface area contributed by atoms with Gasteiger partial charge in [-0.25, -0.2) is 0 Å². The molecule has 0 heterocycles. The first-order valence-electron chi connectivity index (χ1n) is 4.81. The van der Waals surface area contributed by atoms with Crippen LogP contribution in [0, 0.1) is 22.7 Å². The first-order chi connectivity index (χ1) is 7.24. The second-order valence-corrected chi connectivity index (χ2v) is 3.64. The van der Waals surface area contributed by atoms with E-state index in [2.05, 4.69) is 12.1 Å². The normalized spacial score (nSPS) is 9.33. The molecule has 0 atom stereocenters. The molecule has 0 aliphatic heterocycles. The Kier molecular flexibility index (Phi) is 4.16. The Morgan fingerprint density at radius 2 is 2.07 bits per heavy atom. The van der Waals surface area contributed by atoms with E-state index in [1.54, 1.807) is 12.1 Å². The molecule has 1 aromatic carbocycles. The lowest BCUT2D eigenvalue weighted by atomic mass is 9.99. The summed E-state index contributed by atoms with van der Waals surface area (Å²) >= 11 is 6.15. The van der Waals surface area contributed by atoms with Gasteiger partial charge in [0.25, 0.3) is 0 Å². The van der Waals surface area contributed by atoms with E-state index in [0.29, 0.717) is 17.0 Å². The van der Waals surface area contributed by atoms with Crippen LogP contribution in [0.5, 0.6) is 0 Å². The van der Waals surface area contributed by atoms with Crippen LogP contribution in [0.25, 0.3) is 0 Å². The van der Waals surface area contributed by atoms with Crippen LogP contribution < -0.4 is 0 Å². The number of hydrogen-bond acceptors (Lipinski definition) is 2. The van der Waals surface area contributed by atoms with Crippen molar-refractivity contribution >= 4 is 11.6 Å². The molecule has 0 amide bonds. The van der Waals surface area contributed by atoms with E-state index >= 15 is 0 Å². The van der Waals surface area contributed by atoms with Crippen molar-refractivity contribution in [3.63, 3.8) is 0 Å². The molecule has 0 aliphatic carbocycles. The van der Waals surface area contributed by atoms with Crippen molar-refractivity contribution in [2.45, 2.75) is 26.2 Å². The summed E-state index contributed by atoms with van der Waals surface area (Å²) in [7, 11) is 0. The average Bonchev–Trinajstić information content (AvgIpc) is 2.25. The third-order valence-corrected chi connectivity index (χ3v) is 2.68. The molecule has 0 aromatic heterocycles. The first-order valence-corrected chi connectivity index (χ1v) is 5.19. The fourth-order valence-electron chi connectivity index (χ4n) is 1.49. The summed E-state index contributed by atoms with van der Waals surface area (Å²) in [5.74, 6) is 0. The van der Waals surface area contributed by atoms with Gasteiger partial charge in [-0.3, -0.25) is 0 Å². The minimum absolute atomic E-state index is 0.293. The molecule has 0 bridgehead atoms. The molecular formula is C12H11ClN2. The van der Waals surface area contributed by atoms with Gasteiger partial charge in [-0.2, -0.15) is 10.5 Å². The zero-order valence-electron chi connectivity index (χ0n) is 8.55. The van der Waals surface area contributed by atoms with Gasteiger partial charge in [0, 0.05) is 5.02 Å².